The number of piperidine rings is 1. The van der Waals surface area contributed by atoms with Gasteiger partial charge in [0.2, 0.25) is 15.9 Å². The van der Waals surface area contributed by atoms with E-state index >= 15 is 0 Å². The van der Waals surface area contributed by atoms with E-state index in [9.17, 15) is 13.2 Å². The zero-order chi connectivity index (χ0) is 20.1. The van der Waals surface area contributed by atoms with Crippen LogP contribution in [0.2, 0.25) is 0 Å². The molecular weight excluding hydrogens is 378 g/mol. The van der Waals surface area contributed by atoms with Gasteiger partial charge in [0.05, 0.1) is 29.8 Å². The summed E-state index contributed by atoms with van der Waals surface area (Å²) < 4.78 is 25.5. The highest BCUT2D eigenvalue weighted by Crippen LogP contribution is 2.21. The van der Waals surface area contributed by atoms with Crippen LogP contribution in [0.4, 0.5) is 0 Å². The highest BCUT2D eigenvalue weighted by molar-refractivity contribution is 7.89. The summed E-state index contributed by atoms with van der Waals surface area (Å²) in [5, 5.41) is 11.0. The van der Waals surface area contributed by atoms with Crippen LogP contribution in [0.15, 0.2) is 35.6 Å². The molecular formula is C19H25N5O3S. The number of H-pyrrole nitrogens is 1. The molecule has 1 aromatic heterocycles. The Kier molecular flexibility index (Phi) is 6.25. The minimum absolute atomic E-state index is 0.0434. The van der Waals surface area contributed by atoms with Crippen molar-refractivity contribution in [2.45, 2.75) is 26.7 Å². The molecule has 2 aromatic rings. The Morgan fingerprint density at radius 1 is 1.39 bits per heavy atom. The molecule has 0 spiro atoms. The number of amides is 1. The number of hydrazone groups is 1. The molecule has 1 amide bonds. The van der Waals surface area contributed by atoms with E-state index in [1.807, 2.05) is 31.2 Å². The van der Waals surface area contributed by atoms with Gasteiger partial charge in [0.15, 0.2) is 0 Å². The van der Waals surface area contributed by atoms with Gasteiger partial charge < -0.3 is 0 Å². The van der Waals surface area contributed by atoms with Crippen molar-refractivity contribution in [2.75, 3.05) is 18.8 Å². The van der Waals surface area contributed by atoms with Crippen molar-refractivity contribution in [1.29, 1.82) is 0 Å². The van der Waals surface area contributed by atoms with Crippen molar-refractivity contribution in [3.8, 4) is 11.3 Å². The van der Waals surface area contributed by atoms with Gasteiger partial charge in [-0.05, 0) is 26.7 Å². The van der Waals surface area contributed by atoms with Crippen LogP contribution in [0.5, 0.6) is 0 Å². The second kappa shape index (κ2) is 8.66. The molecule has 2 N–H and O–H groups in total. The van der Waals surface area contributed by atoms with Crippen LogP contribution in [-0.2, 0) is 14.8 Å². The van der Waals surface area contributed by atoms with Crippen LogP contribution >= 0.6 is 0 Å². The number of aromatic amines is 1. The van der Waals surface area contributed by atoms with Crippen molar-refractivity contribution in [1.82, 2.24) is 19.9 Å². The number of aryl methyl sites for hydroxylation is 1. The molecule has 0 bridgehead atoms. The average molecular weight is 404 g/mol. The number of rotatable bonds is 6. The third-order valence-corrected chi connectivity index (χ3v) is 6.75. The van der Waals surface area contributed by atoms with Crippen LogP contribution in [0.25, 0.3) is 11.3 Å². The summed E-state index contributed by atoms with van der Waals surface area (Å²) in [4.78, 5) is 12.4. The van der Waals surface area contributed by atoms with E-state index in [-0.39, 0.29) is 18.2 Å². The number of nitrogens with one attached hydrogen (secondary N) is 2. The average Bonchev–Trinajstić information content (AvgIpc) is 3.17. The van der Waals surface area contributed by atoms with Gasteiger partial charge in [-0.15, -0.1) is 0 Å². The Morgan fingerprint density at radius 2 is 2.14 bits per heavy atom. The Labute approximate surface area is 165 Å². The fourth-order valence-corrected chi connectivity index (χ4v) is 4.37. The highest BCUT2D eigenvalue weighted by Gasteiger charge is 2.31. The van der Waals surface area contributed by atoms with Gasteiger partial charge in [-0.3, -0.25) is 9.89 Å². The first-order valence-corrected chi connectivity index (χ1v) is 10.9. The SMILES string of the molecule is CCS(=O)(=O)N1CCCC(C(=O)NN=Cc2cn[nH]c2-c2ccc(C)cc2)C1. The van der Waals surface area contributed by atoms with Gasteiger partial charge in [-0.1, -0.05) is 29.8 Å². The molecule has 3 rings (SSSR count). The fourth-order valence-electron chi connectivity index (χ4n) is 3.19. The molecule has 0 radical (unpaired) electrons. The lowest BCUT2D eigenvalue weighted by molar-refractivity contribution is -0.126. The number of hydrogen-bond acceptors (Lipinski definition) is 5. The Balaban J connectivity index is 1.63. The van der Waals surface area contributed by atoms with E-state index in [0.29, 0.717) is 19.4 Å². The van der Waals surface area contributed by atoms with Gasteiger partial charge in [-0.25, -0.2) is 18.1 Å². The number of aromatic nitrogens is 2. The normalized spacial score (nSPS) is 18.4. The minimum Gasteiger partial charge on any atom is -0.277 e. The van der Waals surface area contributed by atoms with Crippen molar-refractivity contribution >= 4 is 22.1 Å². The maximum Gasteiger partial charge on any atom is 0.244 e. The smallest absolute Gasteiger partial charge is 0.244 e. The summed E-state index contributed by atoms with van der Waals surface area (Å²) >= 11 is 0. The molecule has 2 heterocycles. The monoisotopic (exact) mass is 403 g/mol. The van der Waals surface area contributed by atoms with E-state index in [1.54, 1.807) is 19.3 Å². The molecule has 28 heavy (non-hydrogen) atoms. The summed E-state index contributed by atoms with van der Waals surface area (Å²) in [5.74, 6) is -0.623. The second-order valence-electron chi connectivity index (χ2n) is 6.90. The number of sulfonamides is 1. The summed E-state index contributed by atoms with van der Waals surface area (Å²) in [5.41, 5.74) is 6.24. The van der Waals surface area contributed by atoms with Crippen LogP contribution in [0.1, 0.15) is 30.9 Å². The molecule has 9 heteroatoms. The van der Waals surface area contributed by atoms with Gasteiger partial charge >= 0.3 is 0 Å². The predicted molar refractivity (Wildman–Crippen MR) is 108 cm³/mol. The predicted octanol–water partition coefficient (Wildman–Crippen LogP) is 1.90. The van der Waals surface area contributed by atoms with E-state index in [1.165, 1.54) is 4.31 Å². The molecule has 150 valence electrons. The first kappa shape index (κ1) is 20.2. The lowest BCUT2D eigenvalue weighted by Crippen LogP contribution is -2.45. The van der Waals surface area contributed by atoms with Gasteiger partial charge in [0, 0.05) is 24.2 Å². The number of hydrogen-bond donors (Lipinski definition) is 2. The van der Waals surface area contributed by atoms with Crippen molar-refractivity contribution in [2.24, 2.45) is 11.0 Å². The van der Waals surface area contributed by atoms with Crippen molar-refractivity contribution in [3.63, 3.8) is 0 Å². The first-order chi connectivity index (χ1) is 13.4. The highest BCUT2D eigenvalue weighted by atomic mass is 32.2. The number of carbonyl (C=O) groups is 1. The third-order valence-electron chi connectivity index (χ3n) is 4.90. The minimum atomic E-state index is -3.28. The van der Waals surface area contributed by atoms with E-state index in [2.05, 4.69) is 20.7 Å². The molecule has 1 atom stereocenters. The second-order valence-corrected chi connectivity index (χ2v) is 9.16. The van der Waals surface area contributed by atoms with Crippen molar-refractivity contribution in [3.05, 3.63) is 41.6 Å². The number of carbonyl (C=O) groups excluding carboxylic acids is 1. The van der Waals surface area contributed by atoms with Crippen LogP contribution < -0.4 is 5.43 Å². The molecule has 1 fully saturated rings. The van der Waals surface area contributed by atoms with Crippen molar-refractivity contribution < 1.29 is 13.2 Å². The quantitative estimate of drug-likeness (QED) is 0.567. The van der Waals surface area contributed by atoms with E-state index in [0.717, 1.165) is 22.4 Å². The number of benzene rings is 1. The Hall–Kier alpha value is -2.52. The first-order valence-electron chi connectivity index (χ1n) is 9.32. The van der Waals surface area contributed by atoms with Gasteiger partial charge in [-0.2, -0.15) is 10.2 Å². The number of nitrogens with zero attached hydrogens (tertiary/aromatic N) is 3. The molecule has 1 aliphatic rings. The van der Waals surface area contributed by atoms with E-state index < -0.39 is 15.9 Å². The molecule has 1 unspecified atom stereocenters. The van der Waals surface area contributed by atoms with Crippen LogP contribution in [0, 0.1) is 12.8 Å². The third kappa shape index (κ3) is 4.66. The molecule has 1 aliphatic heterocycles. The zero-order valence-corrected chi connectivity index (χ0v) is 16.9. The molecule has 1 saturated heterocycles. The Bertz CT molecular complexity index is 950. The Morgan fingerprint density at radius 3 is 2.86 bits per heavy atom. The maximum atomic E-state index is 12.4. The summed E-state index contributed by atoms with van der Waals surface area (Å²) in [7, 11) is -3.28. The molecule has 0 saturated carbocycles. The molecule has 8 nitrogen and oxygen atoms in total. The topological polar surface area (TPSA) is 108 Å². The van der Waals surface area contributed by atoms with Gasteiger partial charge in [0.25, 0.3) is 0 Å². The standard InChI is InChI=1S/C19H25N5O3S/c1-3-28(26,27)24-10-4-5-16(13-24)19(25)23-21-12-17-11-20-22-18(17)15-8-6-14(2)7-9-15/h6-9,11-12,16H,3-5,10,13H2,1-2H3,(H,20,22)(H,23,25). The lowest BCUT2D eigenvalue weighted by atomic mass is 9.99. The van der Waals surface area contributed by atoms with E-state index in [4.69, 9.17) is 0 Å². The lowest BCUT2D eigenvalue weighted by Gasteiger charge is -2.30. The summed E-state index contributed by atoms with van der Waals surface area (Å²) in [6.45, 7) is 4.31. The summed E-state index contributed by atoms with van der Waals surface area (Å²) in [6.07, 6.45) is 4.50. The van der Waals surface area contributed by atoms with Crippen LogP contribution in [-0.4, -0.2) is 53.9 Å². The molecule has 0 aliphatic carbocycles. The largest absolute Gasteiger partial charge is 0.277 e. The fraction of sp³-hybridized carbons (Fsp3) is 0.421. The van der Waals surface area contributed by atoms with Gasteiger partial charge in [0.1, 0.15) is 0 Å². The van der Waals surface area contributed by atoms with Crippen LogP contribution in [0.3, 0.4) is 0 Å². The molecule has 1 aromatic carbocycles. The maximum absolute atomic E-state index is 12.4. The summed E-state index contributed by atoms with van der Waals surface area (Å²) in [6, 6.07) is 8.00. The zero-order valence-electron chi connectivity index (χ0n) is 16.1.